The minimum Gasteiger partial charge on any atom is -0.380 e. The molecule has 0 unspecified atom stereocenters. The molecule has 0 aromatic heterocycles. The number of hydrogen-bond acceptors (Lipinski definition) is 4. The monoisotopic (exact) mass is 270 g/mol. The molecule has 1 heterocycles. The fourth-order valence-corrected chi connectivity index (χ4v) is 2.30. The predicted octanol–water partition coefficient (Wildman–Crippen LogP) is 2.56. The molecule has 2 rings (SSSR count). The third-order valence-electron chi connectivity index (χ3n) is 2.98. The van der Waals surface area contributed by atoms with Crippen LogP contribution in [0.1, 0.15) is 12.0 Å². The molecule has 1 aliphatic rings. The van der Waals surface area contributed by atoms with E-state index in [4.69, 9.17) is 16.3 Å². The Balaban J connectivity index is 2.28. The fourth-order valence-electron chi connectivity index (χ4n) is 2.09. The molecule has 0 amide bonds. The Morgan fingerprint density at radius 3 is 2.94 bits per heavy atom. The number of ether oxygens (including phenoxy) is 1. The van der Waals surface area contributed by atoms with Crippen molar-refractivity contribution < 1.29 is 9.66 Å². The number of nitro groups is 1. The molecule has 1 fully saturated rings. The lowest BCUT2D eigenvalue weighted by Crippen LogP contribution is -2.26. The Kier molecular flexibility index (Phi) is 4.38. The SMILES string of the molecule is O=[N+]([O-])c1ccc(N2CCCOCC2)c(CCl)c1. The first-order valence-electron chi connectivity index (χ1n) is 5.88. The second-order valence-corrected chi connectivity index (χ2v) is 4.42. The maximum absolute atomic E-state index is 10.7. The molecule has 0 spiro atoms. The number of benzene rings is 1. The summed E-state index contributed by atoms with van der Waals surface area (Å²) in [4.78, 5) is 12.5. The van der Waals surface area contributed by atoms with Gasteiger partial charge in [0.15, 0.2) is 0 Å². The minimum atomic E-state index is -0.397. The molecule has 0 bridgehead atoms. The van der Waals surface area contributed by atoms with E-state index in [1.165, 1.54) is 6.07 Å². The van der Waals surface area contributed by atoms with E-state index in [9.17, 15) is 10.1 Å². The highest BCUT2D eigenvalue weighted by molar-refractivity contribution is 6.17. The molecular weight excluding hydrogens is 256 g/mol. The van der Waals surface area contributed by atoms with Gasteiger partial charge < -0.3 is 9.64 Å². The summed E-state index contributed by atoms with van der Waals surface area (Å²) in [7, 11) is 0. The van der Waals surface area contributed by atoms with Gasteiger partial charge in [0.05, 0.1) is 11.5 Å². The van der Waals surface area contributed by atoms with Crippen molar-refractivity contribution in [2.45, 2.75) is 12.3 Å². The van der Waals surface area contributed by atoms with Gasteiger partial charge in [0.25, 0.3) is 5.69 Å². The van der Waals surface area contributed by atoms with Crippen molar-refractivity contribution >= 4 is 23.0 Å². The molecule has 98 valence electrons. The number of nitrogens with zero attached hydrogens (tertiary/aromatic N) is 2. The lowest BCUT2D eigenvalue weighted by atomic mass is 10.1. The van der Waals surface area contributed by atoms with Crippen molar-refractivity contribution in [3.63, 3.8) is 0 Å². The smallest absolute Gasteiger partial charge is 0.269 e. The number of non-ortho nitro benzene ring substituents is 1. The first-order chi connectivity index (χ1) is 8.72. The minimum absolute atomic E-state index is 0.0838. The average Bonchev–Trinajstić information content (AvgIpc) is 2.66. The molecule has 1 aliphatic heterocycles. The first kappa shape index (κ1) is 13.1. The van der Waals surface area contributed by atoms with Crippen LogP contribution in [0.15, 0.2) is 18.2 Å². The van der Waals surface area contributed by atoms with Crippen LogP contribution in [0.4, 0.5) is 11.4 Å². The first-order valence-corrected chi connectivity index (χ1v) is 6.42. The Bertz CT molecular complexity index is 431. The summed E-state index contributed by atoms with van der Waals surface area (Å²) in [6, 6.07) is 4.85. The summed E-state index contributed by atoms with van der Waals surface area (Å²) in [5.74, 6) is 0.272. The molecule has 1 aromatic carbocycles. The van der Waals surface area contributed by atoms with E-state index in [2.05, 4.69) is 4.90 Å². The number of hydrogen-bond donors (Lipinski definition) is 0. The summed E-state index contributed by atoms with van der Waals surface area (Å²) >= 11 is 5.89. The number of alkyl halides is 1. The zero-order valence-corrected chi connectivity index (χ0v) is 10.7. The lowest BCUT2D eigenvalue weighted by Gasteiger charge is -2.24. The van der Waals surface area contributed by atoms with Gasteiger partial charge in [-0.3, -0.25) is 10.1 Å². The van der Waals surface area contributed by atoms with Crippen molar-refractivity contribution in [2.24, 2.45) is 0 Å². The highest BCUT2D eigenvalue weighted by Crippen LogP contribution is 2.27. The van der Waals surface area contributed by atoms with Crippen LogP contribution in [0.25, 0.3) is 0 Å². The number of rotatable bonds is 3. The van der Waals surface area contributed by atoms with Gasteiger partial charge in [0, 0.05) is 43.4 Å². The van der Waals surface area contributed by atoms with Crippen LogP contribution in [0.3, 0.4) is 0 Å². The van der Waals surface area contributed by atoms with Crippen LogP contribution in [-0.2, 0) is 10.6 Å². The molecule has 0 N–H and O–H groups in total. The standard InChI is InChI=1S/C12H15ClN2O3/c13-9-10-8-11(15(16)17)2-3-12(10)14-4-1-6-18-7-5-14/h2-3,8H,1,4-7,9H2. The maximum Gasteiger partial charge on any atom is 0.269 e. The van der Waals surface area contributed by atoms with Crippen LogP contribution in [0.2, 0.25) is 0 Å². The van der Waals surface area contributed by atoms with E-state index in [1.54, 1.807) is 12.1 Å². The summed E-state index contributed by atoms with van der Waals surface area (Å²) in [6.45, 7) is 3.13. The Hall–Kier alpha value is -1.33. The largest absolute Gasteiger partial charge is 0.380 e. The van der Waals surface area contributed by atoms with Crippen molar-refractivity contribution in [1.29, 1.82) is 0 Å². The fraction of sp³-hybridized carbons (Fsp3) is 0.500. The quantitative estimate of drug-likeness (QED) is 0.481. The molecular formula is C12H15ClN2O3. The highest BCUT2D eigenvalue weighted by Gasteiger charge is 2.16. The third kappa shape index (κ3) is 2.91. The molecule has 0 radical (unpaired) electrons. The van der Waals surface area contributed by atoms with E-state index in [0.717, 1.165) is 37.4 Å². The lowest BCUT2D eigenvalue weighted by molar-refractivity contribution is -0.384. The van der Waals surface area contributed by atoms with Crippen molar-refractivity contribution in [3.8, 4) is 0 Å². The van der Waals surface area contributed by atoms with E-state index in [1.807, 2.05) is 0 Å². The Labute approximate surface area is 110 Å². The second-order valence-electron chi connectivity index (χ2n) is 4.16. The molecule has 1 aromatic rings. The van der Waals surface area contributed by atoms with Crippen LogP contribution in [0, 0.1) is 10.1 Å². The van der Waals surface area contributed by atoms with Gasteiger partial charge in [-0.25, -0.2) is 0 Å². The number of anilines is 1. The van der Waals surface area contributed by atoms with Gasteiger partial charge in [0.2, 0.25) is 0 Å². The molecule has 18 heavy (non-hydrogen) atoms. The zero-order valence-electron chi connectivity index (χ0n) is 9.97. The Morgan fingerprint density at radius 2 is 2.22 bits per heavy atom. The normalized spacial score (nSPS) is 16.4. The number of halogens is 1. The van der Waals surface area contributed by atoms with Gasteiger partial charge >= 0.3 is 0 Å². The Morgan fingerprint density at radius 1 is 1.39 bits per heavy atom. The van der Waals surface area contributed by atoms with Crippen molar-refractivity contribution in [2.75, 3.05) is 31.2 Å². The van der Waals surface area contributed by atoms with Crippen molar-refractivity contribution in [3.05, 3.63) is 33.9 Å². The highest BCUT2D eigenvalue weighted by atomic mass is 35.5. The van der Waals surface area contributed by atoms with Crippen molar-refractivity contribution in [1.82, 2.24) is 0 Å². The third-order valence-corrected chi connectivity index (χ3v) is 3.27. The second kappa shape index (κ2) is 6.02. The van der Waals surface area contributed by atoms with Crippen LogP contribution >= 0.6 is 11.6 Å². The van der Waals surface area contributed by atoms with Gasteiger partial charge in [0.1, 0.15) is 0 Å². The van der Waals surface area contributed by atoms with Crippen LogP contribution < -0.4 is 4.90 Å². The van der Waals surface area contributed by atoms with Gasteiger partial charge in [-0.15, -0.1) is 11.6 Å². The topological polar surface area (TPSA) is 55.6 Å². The molecule has 0 saturated carbocycles. The van der Waals surface area contributed by atoms with E-state index in [0.29, 0.717) is 6.61 Å². The summed E-state index contributed by atoms with van der Waals surface area (Å²) in [6.07, 6.45) is 0.957. The van der Waals surface area contributed by atoms with Crippen LogP contribution in [-0.4, -0.2) is 31.2 Å². The zero-order chi connectivity index (χ0) is 13.0. The molecule has 0 aliphatic carbocycles. The van der Waals surface area contributed by atoms with Crippen LogP contribution in [0.5, 0.6) is 0 Å². The average molecular weight is 271 g/mol. The predicted molar refractivity (Wildman–Crippen MR) is 70.3 cm³/mol. The summed E-state index contributed by atoms with van der Waals surface area (Å²) in [5, 5.41) is 10.7. The number of nitro benzene ring substituents is 1. The summed E-state index contributed by atoms with van der Waals surface area (Å²) < 4.78 is 5.40. The maximum atomic E-state index is 10.7. The van der Waals surface area contributed by atoms with E-state index < -0.39 is 4.92 Å². The van der Waals surface area contributed by atoms with Gasteiger partial charge in [-0.2, -0.15) is 0 Å². The molecule has 1 saturated heterocycles. The molecule has 6 heteroatoms. The van der Waals surface area contributed by atoms with Gasteiger partial charge in [-0.1, -0.05) is 0 Å². The summed E-state index contributed by atoms with van der Waals surface area (Å²) in [5.41, 5.74) is 1.86. The van der Waals surface area contributed by atoms with Gasteiger partial charge in [-0.05, 0) is 18.1 Å². The van der Waals surface area contributed by atoms with E-state index in [-0.39, 0.29) is 11.6 Å². The van der Waals surface area contributed by atoms with E-state index >= 15 is 0 Å². The molecule has 5 nitrogen and oxygen atoms in total. The molecule has 0 atom stereocenters.